The Morgan fingerprint density at radius 1 is 0.778 bits per heavy atom. The number of nitrogens with zero attached hydrogens (tertiary/aromatic N) is 1. The van der Waals surface area contributed by atoms with E-state index in [1.807, 2.05) is 50.2 Å². The molecule has 4 aromatic rings. The van der Waals surface area contributed by atoms with E-state index in [1.54, 1.807) is 0 Å². The van der Waals surface area contributed by atoms with Gasteiger partial charge >= 0.3 is 0 Å². The average Bonchev–Trinajstić information content (AvgIpc) is 3.17. The zero-order chi connectivity index (χ0) is 38.3. The molecule has 1 heterocycles. The smallest absolute Gasteiger partial charge is 0.242 e. The quantitative estimate of drug-likeness (QED) is 0.0805. The average molecular weight is 737 g/mol. The van der Waals surface area contributed by atoms with Crippen LogP contribution in [0.1, 0.15) is 70.4 Å². The molecule has 1 aliphatic rings. The molecule has 290 valence electrons. The van der Waals surface area contributed by atoms with Gasteiger partial charge in [-0.3, -0.25) is 19.3 Å². The van der Waals surface area contributed by atoms with Gasteiger partial charge in [-0.05, 0) is 64.3 Å². The van der Waals surface area contributed by atoms with Crippen molar-refractivity contribution in [1.82, 2.24) is 20.9 Å². The monoisotopic (exact) mass is 736 g/mol. The summed E-state index contributed by atoms with van der Waals surface area (Å²) in [5, 5.41) is 25.0. The van der Waals surface area contributed by atoms with Gasteiger partial charge in [0.05, 0.1) is 31.8 Å². The lowest BCUT2D eigenvalue weighted by molar-refractivity contribution is -0.132. The van der Waals surface area contributed by atoms with E-state index < -0.39 is 24.1 Å². The molecule has 1 saturated heterocycles. The lowest BCUT2D eigenvalue weighted by Gasteiger charge is -2.29. The number of amides is 3. The lowest BCUT2D eigenvalue weighted by Crippen LogP contribution is -2.54. The van der Waals surface area contributed by atoms with Crippen molar-refractivity contribution >= 4 is 39.3 Å². The van der Waals surface area contributed by atoms with Gasteiger partial charge in [0.25, 0.3) is 0 Å². The summed E-state index contributed by atoms with van der Waals surface area (Å²) in [5.41, 5.74) is 2.17. The molecule has 0 bridgehead atoms. The molecule has 2 unspecified atom stereocenters. The number of fused-ring (bicyclic) bond motifs is 2. The van der Waals surface area contributed by atoms with E-state index in [9.17, 15) is 19.5 Å². The van der Waals surface area contributed by atoms with E-state index in [-0.39, 0.29) is 30.1 Å². The summed E-state index contributed by atoms with van der Waals surface area (Å²) in [6.07, 6.45) is 3.48. The van der Waals surface area contributed by atoms with Crippen molar-refractivity contribution in [1.29, 1.82) is 0 Å². The highest BCUT2D eigenvalue weighted by Gasteiger charge is 2.31. The number of rotatable bonds is 20. The van der Waals surface area contributed by atoms with Crippen LogP contribution in [0.25, 0.3) is 21.5 Å². The largest absolute Gasteiger partial charge is 0.390 e. The first-order chi connectivity index (χ1) is 26.2. The fourth-order valence-electron chi connectivity index (χ4n) is 7.57. The number of ether oxygens (including phenoxy) is 1. The maximum Gasteiger partial charge on any atom is 0.242 e. The normalized spacial score (nSPS) is 15.3. The van der Waals surface area contributed by atoms with Crippen LogP contribution in [0, 0.1) is 11.8 Å². The molecule has 0 saturated carbocycles. The molecule has 3 amide bonds. The van der Waals surface area contributed by atoms with E-state index in [4.69, 9.17) is 4.74 Å². The first kappa shape index (κ1) is 40.9. The summed E-state index contributed by atoms with van der Waals surface area (Å²) in [4.78, 5) is 43.8. The van der Waals surface area contributed by atoms with Crippen molar-refractivity contribution in [2.24, 2.45) is 11.8 Å². The molecule has 54 heavy (non-hydrogen) atoms. The number of nitrogens with one attached hydrogen (secondary N) is 3. The standard InChI is InChI=1S/C45H60N4O5/c1-4-5-6-21-40(45(53)48-41(28-32(2)3)42(50)31-43(51)46-22-23-49-24-26-54-27-25-49)47-44(52)37(29-35-17-11-15-33-13-7-9-19-38(33)35)30-36-18-12-16-34-14-8-10-20-39(34)36/h7-20,32,37,40-42,50H,4-6,21-31H2,1-3H3,(H,46,51)(H,47,52)(H,48,53)/t40-,41?,42?/m0/s1. The fraction of sp³-hybridized carbons (Fsp3) is 0.489. The third kappa shape index (κ3) is 12.1. The zero-order valence-corrected chi connectivity index (χ0v) is 32.4. The van der Waals surface area contributed by atoms with Gasteiger partial charge in [0, 0.05) is 32.1 Å². The lowest BCUT2D eigenvalue weighted by atomic mass is 9.87. The SMILES string of the molecule is CCCCC[C@H](NC(=O)C(Cc1cccc2ccccc12)Cc1cccc2ccccc12)C(=O)NC(CC(C)C)C(O)CC(=O)NCCN1CCOCC1. The maximum absolute atomic E-state index is 14.5. The van der Waals surface area contributed by atoms with Crippen LogP contribution in [-0.2, 0) is 32.0 Å². The Bertz CT molecular complexity index is 1710. The topological polar surface area (TPSA) is 120 Å². The second-order valence-electron chi connectivity index (χ2n) is 15.3. The number of carbonyl (C=O) groups is 3. The van der Waals surface area contributed by atoms with Crippen LogP contribution in [0.2, 0.25) is 0 Å². The van der Waals surface area contributed by atoms with Crippen LogP contribution >= 0.6 is 0 Å². The number of morpholine rings is 1. The zero-order valence-electron chi connectivity index (χ0n) is 32.4. The van der Waals surface area contributed by atoms with Crippen molar-refractivity contribution in [3.8, 4) is 0 Å². The highest BCUT2D eigenvalue weighted by atomic mass is 16.5. The Morgan fingerprint density at radius 2 is 1.37 bits per heavy atom. The van der Waals surface area contributed by atoms with Crippen molar-refractivity contribution in [2.75, 3.05) is 39.4 Å². The number of carbonyl (C=O) groups excluding carboxylic acids is 3. The molecule has 5 rings (SSSR count). The van der Waals surface area contributed by atoms with Crippen LogP contribution in [0.15, 0.2) is 84.9 Å². The fourth-order valence-corrected chi connectivity index (χ4v) is 7.57. The highest BCUT2D eigenvalue weighted by molar-refractivity contribution is 5.91. The van der Waals surface area contributed by atoms with Gasteiger partial charge in [-0.2, -0.15) is 0 Å². The third-order valence-corrected chi connectivity index (χ3v) is 10.6. The Morgan fingerprint density at radius 3 is 1.96 bits per heavy atom. The molecule has 0 aromatic heterocycles. The van der Waals surface area contributed by atoms with E-state index in [2.05, 4.69) is 76.3 Å². The van der Waals surface area contributed by atoms with Gasteiger partial charge in [-0.15, -0.1) is 0 Å². The van der Waals surface area contributed by atoms with Crippen LogP contribution in [0.4, 0.5) is 0 Å². The summed E-state index contributed by atoms with van der Waals surface area (Å²) in [5.74, 6) is -1.04. The molecule has 4 aromatic carbocycles. The van der Waals surface area contributed by atoms with Gasteiger partial charge in [0.1, 0.15) is 6.04 Å². The van der Waals surface area contributed by atoms with Crippen LogP contribution in [0.5, 0.6) is 0 Å². The summed E-state index contributed by atoms with van der Waals surface area (Å²) in [6, 6.07) is 27.5. The molecular weight excluding hydrogens is 677 g/mol. The molecule has 1 aliphatic heterocycles. The van der Waals surface area contributed by atoms with Crippen molar-refractivity contribution in [2.45, 2.75) is 90.3 Å². The van der Waals surface area contributed by atoms with Gasteiger partial charge in [0.2, 0.25) is 17.7 Å². The summed E-state index contributed by atoms with van der Waals surface area (Å²) < 4.78 is 5.40. The Balaban J connectivity index is 1.32. The predicted octanol–water partition coefficient (Wildman–Crippen LogP) is 6.19. The minimum atomic E-state index is -1.07. The molecule has 0 radical (unpaired) electrons. The molecule has 0 aliphatic carbocycles. The molecular formula is C45H60N4O5. The van der Waals surface area contributed by atoms with Crippen LogP contribution in [0.3, 0.4) is 0 Å². The second kappa shape index (κ2) is 21.0. The first-order valence-corrected chi connectivity index (χ1v) is 20.0. The molecule has 3 atom stereocenters. The van der Waals surface area contributed by atoms with E-state index in [1.165, 1.54) is 0 Å². The molecule has 0 spiro atoms. The van der Waals surface area contributed by atoms with Gasteiger partial charge in [0.15, 0.2) is 0 Å². The number of aliphatic hydroxyl groups excluding tert-OH is 1. The number of unbranched alkanes of at least 4 members (excludes halogenated alkanes) is 2. The second-order valence-corrected chi connectivity index (χ2v) is 15.3. The van der Waals surface area contributed by atoms with Gasteiger partial charge < -0.3 is 25.8 Å². The van der Waals surface area contributed by atoms with Gasteiger partial charge in [-0.25, -0.2) is 0 Å². The van der Waals surface area contributed by atoms with Crippen LogP contribution < -0.4 is 16.0 Å². The minimum absolute atomic E-state index is 0.119. The molecule has 9 nitrogen and oxygen atoms in total. The number of hydrogen-bond donors (Lipinski definition) is 4. The van der Waals surface area contributed by atoms with E-state index in [0.29, 0.717) is 45.4 Å². The highest BCUT2D eigenvalue weighted by Crippen LogP contribution is 2.27. The van der Waals surface area contributed by atoms with E-state index >= 15 is 0 Å². The van der Waals surface area contributed by atoms with Crippen LogP contribution in [-0.4, -0.2) is 85.3 Å². The van der Waals surface area contributed by atoms with Gasteiger partial charge in [-0.1, -0.05) is 125 Å². The Labute approximate surface area is 321 Å². The summed E-state index contributed by atoms with van der Waals surface area (Å²) >= 11 is 0. The predicted molar refractivity (Wildman–Crippen MR) is 217 cm³/mol. The number of hydrogen-bond acceptors (Lipinski definition) is 6. The van der Waals surface area contributed by atoms with Crippen molar-refractivity contribution < 1.29 is 24.2 Å². The Hall–Kier alpha value is -4.31. The van der Waals surface area contributed by atoms with Crippen molar-refractivity contribution in [3.63, 3.8) is 0 Å². The first-order valence-electron chi connectivity index (χ1n) is 20.0. The summed E-state index contributed by atoms with van der Waals surface area (Å²) in [7, 11) is 0. The molecule has 9 heteroatoms. The summed E-state index contributed by atoms with van der Waals surface area (Å²) in [6.45, 7) is 10.4. The van der Waals surface area contributed by atoms with Crippen molar-refractivity contribution in [3.05, 3.63) is 96.1 Å². The number of aliphatic hydroxyl groups is 1. The minimum Gasteiger partial charge on any atom is -0.390 e. The molecule has 4 N–H and O–H groups in total. The third-order valence-electron chi connectivity index (χ3n) is 10.6. The number of benzene rings is 4. The van der Waals surface area contributed by atoms with E-state index in [0.717, 1.165) is 71.6 Å². The molecule has 1 fully saturated rings. The maximum atomic E-state index is 14.5. The Kier molecular flexibility index (Phi) is 15.9.